The Bertz CT molecular complexity index is 326. The highest BCUT2D eigenvalue weighted by molar-refractivity contribution is 6.29. The Morgan fingerprint density at radius 1 is 1.67 bits per heavy atom. The van der Waals surface area contributed by atoms with Gasteiger partial charge in [-0.2, -0.15) is 0 Å². The zero-order valence-corrected chi connectivity index (χ0v) is 9.07. The van der Waals surface area contributed by atoms with E-state index in [-0.39, 0.29) is 0 Å². The normalized spacial score (nSPS) is 12.2. The second kappa shape index (κ2) is 5.68. The summed E-state index contributed by atoms with van der Waals surface area (Å²) in [5.41, 5.74) is 0.375. The van der Waals surface area contributed by atoms with E-state index in [1.54, 1.807) is 0 Å². The average molecular weight is 230 g/mol. The van der Waals surface area contributed by atoms with E-state index >= 15 is 0 Å². The van der Waals surface area contributed by atoms with Crippen LogP contribution in [0, 0.1) is 0 Å². The smallest absolute Gasteiger partial charge is 0.339 e. The van der Waals surface area contributed by atoms with Gasteiger partial charge in [-0.3, -0.25) is 0 Å². The minimum Gasteiger partial charge on any atom is -0.464 e. The van der Waals surface area contributed by atoms with E-state index in [4.69, 9.17) is 16.3 Å². The number of aliphatic hydroxyl groups excluding tert-OH is 1. The Labute approximate surface area is 92.8 Å². The zero-order valence-electron chi connectivity index (χ0n) is 8.31. The van der Waals surface area contributed by atoms with Crippen LogP contribution in [0.15, 0.2) is 18.3 Å². The molecule has 1 heterocycles. The number of hydrogen-bond acceptors (Lipinski definition) is 4. The molecule has 1 N–H and O–H groups in total. The van der Waals surface area contributed by atoms with Crippen LogP contribution < -0.4 is 0 Å². The van der Waals surface area contributed by atoms with Crippen molar-refractivity contribution in [1.82, 2.24) is 4.98 Å². The summed E-state index contributed by atoms with van der Waals surface area (Å²) >= 11 is 5.57. The molecule has 0 aromatic carbocycles. The predicted molar refractivity (Wildman–Crippen MR) is 55.5 cm³/mol. The van der Waals surface area contributed by atoms with Gasteiger partial charge in [-0.25, -0.2) is 9.78 Å². The lowest BCUT2D eigenvalue weighted by molar-refractivity contribution is -0.153. The van der Waals surface area contributed by atoms with Crippen molar-refractivity contribution in [1.29, 1.82) is 0 Å². The molecule has 1 atom stereocenters. The molecule has 82 valence electrons. The van der Waals surface area contributed by atoms with Crippen LogP contribution in [0.3, 0.4) is 0 Å². The molecule has 0 spiro atoms. The van der Waals surface area contributed by atoms with Crippen LogP contribution in [-0.4, -0.2) is 22.7 Å². The van der Waals surface area contributed by atoms with E-state index in [0.717, 1.165) is 6.42 Å². The highest BCUT2D eigenvalue weighted by atomic mass is 35.5. The number of esters is 1. The Morgan fingerprint density at radius 3 is 2.93 bits per heavy atom. The fourth-order valence-corrected chi connectivity index (χ4v) is 1.08. The lowest BCUT2D eigenvalue weighted by Gasteiger charge is -2.09. The first-order valence-electron chi connectivity index (χ1n) is 4.61. The first-order valence-corrected chi connectivity index (χ1v) is 4.99. The van der Waals surface area contributed by atoms with Gasteiger partial charge < -0.3 is 9.84 Å². The molecule has 0 saturated heterocycles. The molecular formula is C10H12ClNO3. The molecule has 0 aliphatic rings. The van der Waals surface area contributed by atoms with Crippen molar-refractivity contribution in [3.63, 3.8) is 0 Å². The van der Waals surface area contributed by atoms with Crippen molar-refractivity contribution in [2.75, 3.05) is 6.61 Å². The zero-order chi connectivity index (χ0) is 11.3. The van der Waals surface area contributed by atoms with Crippen LogP contribution in [0.25, 0.3) is 0 Å². The van der Waals surface area contributed by atoms with Gasteiger partial charge in [0, 0.05) is 11.8 Å². The summed E-state index contributed by atoms with van der Waals surface area (Å²) in [5.74, 6) is -0.666. The third-order valence-corrected chi connectivity index (χ3v) is 1.96. The summed E-state index contributed by atoms with van der Waals surface area (Å²) in [6.45, 7) is 2.18. The number of aliphatic hydroxyl groups is 1. The topological polar surface area (TPSA) is 59.4 Å². The summed E-state index contributed by atoms with van der Waals surface area (Å²) in [4.78, 5) is 15.0. The second-order valence-corrected chi connectivity index (χ2v) is 3.37. The number of hydrogen-bond donors (Lipinski definition) is 1. The second-order valence-electron chi connectivity index (χ2n) is 2.98. The van der Waals surface area contributed by atoms with Gasteiger partial charge in [-0.05, 0) is 12.5 Å². The van der Waals surface area contributed by atoms with Gasteiger partial charge in [0.1, 0.15) is 5.15 Å². The third-order valence-electron chi connectivity index (χ3n) is 1.74. The Kier molecular flexibility index (Phi) is 4.52. The maximum Gasteiger partial charge on any atom is 0.339 e. The fraction of sp³-hybridized carbons (Fsp3) is 0.400. The Hall–Kier alpha value is -1.13. The summed E-state index contributed by atoms with van der Waals surface area (Å²) in [5, 5.41) is 9.86. The summed E-state index contributed by atoms with van der Waals surface area (Å²) in [7, 11) is 0. The van der Waals surface area contributed by atoms with Crippen LogP contribution in [0.2, 0.25) is 5.15 Å². The van der Waals surface area contributed by atoms with Crippen molar-refractivity contribution in [3.05, 3.63) is 29.0 Å². The molecule has 1 aromatic rings. The number of aromatic nitrogens is 1. The number of halogens is 1. The number of ether oxygens (including phenoxy) is 1. The van der Waals surface area contributed by atoms with Crippen molar-refractivity contribution < 1.29 is 14.6 Å². The van der Waals surface area contributed by atoms with Crippen LogP contribution >= 0.6 is 11.6 Å². The first-order chi connectivity index (χ1) is 7.15. The molecule has 1 aromatic heterocycles. The molecule has 0 radical (unpaired) electrons. The number of rotatable bonds is 4. The number of carbonyl (C=O) groups excluding carboxylic acids is 1. The standard InChI is InChI=1S/C10H12ClNO3/c1-2-5-15-10(14)9(13)7-3-4-8(11)12-6-7/h3-4,6,9,13H,2,5H2,1H3. The van der Waals surface area contributed by atoms with E-state index in [1.165, 1.54) is 18.3 Å². The van der Waals surface area contributed by atoms with Crippen LogP contribution in [0.1, 0.15) is 25.0 Å². The minimum absolute atomic E-state index is 0.302. The SMILES string of the molecule is CCCOC(=O)C(O)c1ccc(Cl)nc1. The summed E-state index contributed by atoms with van der Waals surface area (Å²) < 4.78 is 4.79. The van der Waals surface area contributed by atoms with E-state index in [0.29, 0.717) is 17.3 Å². The molecular weight excluding hydrogens is 218 g/mol. The molecule has 0 amide bonds. The Balaban J connectivity index is 2.63. The monoisotopic (exact) mass is 229 g/mol. The molecule has 0 aliphatic heterocycles. The minimum atomic E-state index is -1.29. The van der Waals surface area contributed by atoms with E-state index in [2.05, 4.69) is 4.98 Å². The predicted octanol–water partition coefficient (Wildman–Crippen LogP) is 1.72. The third kappa shape index (κ3) is 3.49. The highest BCUT2D eigenvalue weighted by Crippen LogP contribution is 2.15. The van der Waals surface area contributed by atoms with Gasteiger partial charge >= 0.3 is 5.97 Å². The van der Waals surface area contributed by atoms with Crippen LogP contribution in [-0.2, 0) is 9.53 Å². The van der Waals surface area contributed by atoms with Crippen molar-refractivity contribution >= 4 is 17.6 Å². The molecule has 15 heavy (non-hydrogen) atoms. The van der Waals surface area contributed by atoms with Gasteiger partial charge in [-0.15, -0.1) is 0 Å². The molecule has 1 rings (SSSR count). The van der Waals surface area contributed by atoms with Crippen molar-refractivity contribution in [3.8, 4) is 0 Å². The maximum atomic E-state index is 11.3. The van der Waals surface area contributed by atoms with Gasteiger partial charge in [0.2, 0.25) is 0 Å². The number of carbonyl (C=O) groups is 1. The van der Waals surface area contributed by atoms with E-state index in [9.17, 15) is 9.90 Å². The van der Waals surface area contributed by atoms with Gasteiger partial charge in [0.15, 0.2) is 6.10 Å². The Morgan fingerprint density at radius 2 is 2.40 bits per heavy atom. The van der Waals surface area contributed by atoms with Crippen molar-refractivity contribution in [2.24, 2.45) is 0 Å². The lowest BCUT2D eigenvalue weighted by Crippen LogP contribution is -2.16. The maximum absolute atomic E-state index is 11.3. The molecule has 5 heteroatoms. The molecule has 1 unspecified atom stereocenters. The largest absolute Gasteiger partial charge is 0.464 e. The van der Waals surface area contributed by atoms with Gasteiger partial charge in [-0.1, -0.05) is 24.6 Å². The molecule has 4 nitrogen and oxygen atoms in total. The molecule has 0 fully saturated rings. The molecule has 0 aliphatic carbocycles. The molecule has 0 saturated carbocycles. The highest BCUT2D eigenvalue weighted by Gasteiger charge is 2.18. The summed E-state index contributed by atoms with van der Waals surface area (Å²) in [6, 6.07) is 3.04. The van der Waals surface area contributed by atoms with Gasteiger partial charge in [0.05, 0.1) is 6.61 Å². The van der Waals surface area contributed by atoms with E-state index < -0.39 is 12.1 Å². The number of pyridine rings is 1. The van der Waals surface area contributed by atoms with Crippen LogP contribution in [0.5, 0.6) is 0 Å². The quantitative estimate of drug-likeness (QED) is 0.631. The average Bonchev–Trinajstić information content (AvgIpc) is 2.26. The van der Waals surface area contributed by atoms with E-state index in [1.807, 2.05) is 6.92 Å². The summed E-state index contributed by atoms with van der Waals surface area (Å²) in [6.07, 6.45) is 0.777. The number of nitrogens with zero attached hydrogens (tertiary/aromatic N) is 1. The first kappa shape index (κ1) is 11.9. The van der Waals surface area contributed by atoms with Crippen LogP contribution in [0.4, 0.5) is 0 Å². The lowest BCUT2D eigenvalue weighted by atomic mass is 10.2. The van der Waals surface area contributed by atoms with Gasteiger partial charge in [0.25, 0.3) is 0 Å². The molecule has 0 bridgehead atoms. The van der Waals surface area contributed by atoms with Crippen molar-refractivity contribution in [2.45, 2.75) is 19.4 Å². The fourth-order valence-electron chi connectivity index (χ4n) is 0.967.